The topological polar surface area (TPSA) is 102 Å². The summed E-state index contributed by atoms with van der Waals surface area (Å²) in [4.78, 5) is 23.7. The highest BCUT2D eigenvalue weighted by atomic mass is 35.5. The van der Waals surface area contributed by atoms with E-state index in [2.05, 4.69) is 0 Å². The van der Waals surface area contributed by atoms with E-state index in [1.54, 1.807) is 45.0 Å². The number of nitro groups is 1. The van der Waals surface area contributed by atoms with Crippen LogP contribution in [0.15, 0.2) is 36.4 Å². The third-order valence-electron chi connectivity index (χ3n) is 6.33. The summed E-state index contributed by atoms with van der Waals surface area (Å²) in [5.74, 6) is -1.97. The lowest BCUT2D eigenvalue weighted by atomic mass is 9.80. The molecule has 0 aliphatic carbocycles. The maximum Gasteiger partial charge on any atom is 0.418 e. The van der Waals surface area contributed by atoms with E-state index in [0.29, 0.717) is 37.7 Å². The first kappa shape index (κ1) is 29.4. The molecule has 204 valence electrons. The molecule has 0 N–H and O–H groups in total. The van der Waals surface area contributed by atoms with E-state index in [-0.39, 0.29) is 23.9 Å². The summed E-state index contributed by atoms with van der Waals surface area (Å²) in [6.45, 7) is 6.47. The number of halogens is 4. The van der Waals surface area contributed by atoms with Crippen LogP contribution >= 0.6 is 11.6 Å². The molecule has 11 heteroatoms. The second-order valence-electron chi connectivity index (χ2n) is 10.2. The number of carbonyl (C=O) groups excluding carboxylic acids is 1. The van der Waals surface area contributed by atoms with Gasteiger partial charge in [-0.15, -0.1) is 0 Å². The first-order valence-corrected chi connectivity index (χ1v) is 12.4. The van der Waals surface area contributed by atoms with Gasteiger partial charge in [0.15, 0.2) is 0 Å². The normalized spacial score (nSPS) is 16.4. The van der Waals surface area contributed by atoms with E-state index in [0.717, 1.165) is 11.6 Å². The average Bonchev–Trinajstić information content (AvgIpc) is 2.82. The molecule has 2 aromatic rings. The van der Waals surface area contributed by atoms with Gasteiger partial charge < -0.3 is 9.47 Å². The van der Waals surface area contributed by atoms with Crippen molar-refractivity contribution in [2.24, 2.45) is 5.92 Å². The minimum Gasteiger partial charge on any atom is -0.459 e. The van der Waals surface area contributed by atoms with Crippen LogP contribution in [0, 0.1) is 27.4 Å². The monoisotopic (exact) mass is 552 g/mol. The maximum atomic E-state index is 13.2. The number of benzene rings is 2. The van der Waals surface area contributed by atoms with Crippen LogP contribution in [0.1, 0.15) is 67.7 Å². The number of hydrogen-bond acceptors (Lipinski definition) is 6. The Balaban J connectivity index is 1.91. The lowest BCUT2D eigenvalue weighted by Gasteiger charge is -2.31. The fourth-order valence-corrected chi connectivity index (χ4v) is 4.85. The molecule has 38 heavy (non-hydrogen) atoms. The zero-order chi connectivity index (χ0) is 28.3. The number of nitro benzene ring substituents is 1. The van der Waals surface area contributed by atoms with E-state index in [4.69, 9.17) is 21.1 Å². The van der Waals surface area contributed by atoms with E-state index in [9.17, 15) is 33.3 Å². The summed E-state index contributed by atoms with van der Waals surface area (Å²) in [7, 11) is 0. The van der Waals surface area contributed by atoms with E-state index in [1.165, 1.54) is 0 Å². The van der Waals surface area contributed by atoms with Gasteiger partial charge in [0.2, 0.25) is 0 Å². The summed E-state index contributed by atoms with van der Waals surface area (Å²) < 4.78 is 50.8. The molecule has 7 nitrogen and oxygen atoms in total. The highest BCUT2D eigenvalue weighted by Gasteiger charge is 2.38. The minimum absolute atomic E-state index is 0.00626. The van der Waals surface area contributed by atoms with Crippen LogP contribution in [0.3, 0.4) is 0 Å². The van der Waals surface area contributed by atoms with Gasteiger partial charge in [-0.2, -0.15) is 18.4 Å². The largest absolute Gasteiger partial charge is 0.459 e. The Morgan fingerprint density at radius 3 is 2.32 bits per heavy atom. The minimum atomic E-state index is -4.88. The fourth-order valence-electron chi connectivity index (χ4n) is 4.57. The molecule has 0 amide bonds. The Labute approximate surface area is 223 Å². The van der Waals surface area contributed by atoms with Crippen LogP contribution in [-0.4, -0.2) is 29.7 Å². The lowest BCUT2D eigenvalue weighted by molar-refractivity contribution is -0.385. The molecule has 1 fully saturated rings. The molecule has 1 saturated heterocycles. The number of ether oxygens (including phenoxy) is 2. The van der Waals surface area contributed by atoms with Gasteiger partial charge in [0.1, 0.15) is 5.60 Å². The van der Waals surface area contributed by atoms with Crippen molar-refractivity contribution in [2.75, 3.05) is 13.2 Å². The Morgan fingerprint density at radius 1 is 1.21 bits per heavy atom. The zero-order valence-corrected chi connectivity index (χ0v) is 21.9. The van der Waals surface area contributed by atoms with Gasteiger partial charge >= 0.3 is 12.1 Å². The predicted octanol–water partition coefficient (Wildman–Crippen LogP) is 6.97. The highest BCUT2D eigenvalue weighted by molar-refractivity contribution is 6.31. The quantitative estimate of drug-likeness (QED) is 0.209. The molecule has 0 saturated carbocycles. The van der Waals surface area contributed by atoms with Crippen LogP contribution in [0.5, 0.6) is 0 Å². The second-order valence-corrected chi connectivity index (χ2v) is 10.6. The molecular weight excluding hydrogens is 525 g/mol. The molecular formula is C27H28ClF3N2O5. The first-order valence-electron chi connectivity index (χ1n) is 12.1. The van der Waals surface area contributed by atoms with Crippen LogP contribution in [0.2, 0.25) is 5.02 Å². The van der Waals surface area contributed by atoms with Crippen LogP contribution < -0.4 is 0 Å². The molecule has 2 aromatic carbocycles. The molecule has 2 unspecified atom stereocenters. The summed E-state index contributed by atoms with van der Waals surface area (Å²) in [6.07, 6.45) is -3.50. The predicted molar refractivity (Wildman–Crippen MR) is 134 cm³/mol. The van der Waals surface area contributed by atoms with Crippen molar-refractivity contribution in [3.8, 4) is 6.07 Å². The van der Waals surface area contributed by atoms with Crippen LogP contribution in [0.25, 0.3) is 0 Å². The van der Waals surface area contributed by atoms with Crippen molar-refractivity contribution in [1.29, 1.82) is 5.26 Å². The van der Waals surface area contributed by atoms with Gasteiger partial charge in [-0.25, -0.2) is 0 Å². The molecule has 0 spiro atoms. The van der Waals surface area contributed by atoms with Gasteiger partial charge in [-0.05, 0) is 63.1 Å². The molecule has 0 radical (unpaired) electrons. The van der Waals surface area contributed by atoms with Gasteiger partial charge in [0.25, 0.3) is 5.69 Å². The molecule has 2 atom stereocenters. The lowest BCUT2D eigenvalue weighted by Crippen LogP contribution is -2.33. The first-order chi connectivity index (χ1) is 17.7. The number of nitrogens with zero attached hydrogens (tertiary/aromatic N) is 2. The van der Waals surface area contributed by atoms with Crippen molar-refractivity contribution >= 4 is 23.3 Å². The third-order valence-corrected chi connectivity index (χ3v) is 6.64. The van der Waals surface area contributed by atoms with Gasteiger partial charge in [-0.1, -0.05) is 35.9 Å². The average molecular weight is 553 g/mol. The smallest absolute Gasteiger partial charge is 0.418 e. The van der Waals surface area contributed by atoms with Crippen molar-refractivity contribution < 1.29 is 32.4 Å². The van der Waals surface area contributed by atoms with Crippen LogP contribution in [0.4, 0.5) is 18.9 Å². The summed E-state index contributed by atoms with van der Waals surface area (Å²) in [6, 6.07) is 10.1. The SMILES string of the molecule is CC(C)(C)OC(=O)C(c1ccc(CC(C#N)c2cc(Cl)c(C(F)(F)F)cc2[N+](=O)[O-])cc1)C1CCOCC1. The number of esters is 1. The molecule has 3 rings (SSSR count). The molecule has 1 heterocycles. The van der Waals surface area contributed by atoms with Gasteiger partial charge in [0.05, 0.1) is 33.4 Å². The van der Waals surface area contributed by atoms with Crippen molar-refractivity contribution in [3.05, 3.63) is 73.8 Å². The van der Waals surface area contributed by atoms with E-state index >= 15 is 0 Å². The molecule has 0 aromatic heterocycles. The van der Waals surface area contributed by atoms with Crippen molar-refractivity contribution in [1.82, 2.24) is 0 Å². The van der Waals surface area contributed by atoms with Gasteiger partial charge in [0, 0.05) is 24.8 Å². The molecule has 1 aliphatic rings. The molecule has 1 aliphatic heterocycles. The summed E-state index contributed by atoms with van der Waals surface area (Å²) in [5, 5.41) is 20.6. The van der Waals surface area contributed by atoms with E-state index in [1.807, 2.05) is 6.07 Å². The number of alkyl halides is 3. The zero-order valence-electron chi connectivity index (χ0n) is 21.2. The van der Waals surface area contributed by atoms with E-state index < -0.39 is 44.8 Å². The van der Waals surface area contributed by atoms with Gasteiger partial charge in [-0.3, -0.25) is 14.9 Å². The van der Waals surface area contributed by atoms with Crippen molar-refractivity contribution in [3.63, 3.8) is 0 Å². The fraction of sp³-hybridized carbons (Fsp3) is 0.481. The Morgan fingerprint density at radius 2 is 1.82 bits per heavy atom. The third kappa shape index (κ3) is 7.23. The number of nitriles is 1. The standard InChI is InChI=1S/C27H28ClF3N2O5/c1-26(2,3)38-25(34)24(18-8-10-37-11-9-18)17-6-4-16(5-7-17)12-19(15-32)20-13-22(28)21(27(29,30)31)14-23(20)33(35)36/h4-7,13-14,18-19,24H,8-12H2,1-3H3. The second kappa shape index (κ2) is 11.7. The Kier molecular flexibility index (Phi) is 9.05. The Bertz CT molecular complexity index is 1210. The maximum absolute atomic E-state index is 13.2. The number of hydrogen-bond donors (Lipinski definition) is 0. The Hall–Kier alpha value is -3.16. The van der Waals surface area contributed by atoms with Crippen molar-refractivity contribution in [2.45, 2.75) is 63.6 Å². The molecule has 0 bridgehead atoms. The number of rotatable bonds is 7. The number of carbonyl (C=O) groups is 1. The highest BCUT2D eigenvalue weighted by Crippen LogP contribution is 2.41. The van der Waals surface area contributed by atoms with Crippen LogP contribution in [-0.2, 0) is 26.9 Å². The summed E-state index contributed by atoms with van der Waals surface area (Å²) in [5.41, 5.74) is -1.69. The summed E-state index contributed by atoms with van der Waals surface area (Å²) >= 11 is 5.79.